The van der Waals surface area contributed by atoms with E-state index in [4.69, 9.17) is 30.6 Å². The molecule has 0 spiro atoms. The molecule has 1 aromatic heterocycles. The van der Waals surface area contributed by atoms with E-state index in [1.807, 2.05) is 0 Å². The second-order valence-corrected chi connectivity index (χ2v) is 6.15. The average molecular weight is 360 g/mol. The average Bonchev–Trinajstić information content (AvgIpc) is 3.20. The Kier molecular flexibility index (Phi) is 7.56. The van der Waals surface area contributed by atoms with Crippen LogP contribution in [0.25, 0.3) is 0 Å². The minimum absolute atomic E-state index is 0.336. The van der Waals surface area contributed by atoms with E-state index >= 15 is 0 Å². The summed E-state index contributed by atoms with van der Waals surface area (Å²) in [4.78, 5) is 20.5. The minimum atomic E-state index is -1.38. The lowest BCUT2D eigenvalue weighted by atomic mass is 10.2. The SMILES string of the molecule is O=C(O)c1ccoc1C(=O)O.OC1(O)CCCC1.OC1(O)CCCC1. The van der Waals surface area contributed by atoms with E-state index in [-0.39, 0.29) is 5.56 Å². The molecule has 9 heteroatoms. The molecule has 2 aliphatic carbocycles. The molecule has 3 rings (SSSR count). The summed E-state index contributed by atoms with van der Waals surface area (Å²) >= 11 is 0. The summed E-state index contributed by atoms with van der Waals surface area (Å²) in [5.41, 5.74) is -0.336. The molecular formula is C16H24O9. The molecule has 1 aromatic rings. The van der Waals surface area contributed by atoms with Crippen LogP contribution in [-0.4, -0.2) is 54.2 Å². The number of furan rings is 1. The highest BCUT2D eigenvalue weighted by atomic mass is 16.5. The van der Waals surface area contributed by atoms with Crippen molar-refractivity contribution in [3.05, 3.63) is 23.7 Å². The molecule has 142 valence electrons. The molecule has 1 heterocycles. The Morgan fingerprint density at radius 2 is 1.20 bits per heavy atom. The highest BCUT2D eigenvalue weighted by Crippen LogP contribution is 2.26. The Morgan fingerprint density at radius 1 is 0.800 bits per heavy atom. The molecule has 0 saturated heterocycles. The molecule has 2 saturated carbocycles. The van der Waals surface area contributed by atoms with Crippen LogP contribution in [0.5, 0.6) is 0 Å². The highest BCUT2D eigenvalue weighted by molar-refractivity contribution is 5.99. The molecule has 2 aliphatic rings. The first-order valence-electron chi connectivity index (χ1n) is 7.98. The Morgan fingerprint density at radius 3 is 1.40 bits per heavy atom. The molecule has 0 unspecified atom stereocenters. The van der Waals surface area contributed by atoms with Crippen molar-refractivity contribution < 1.29 is 44.6 Å². The van der Waals surface area contributed by atoms with Crippen molar-refractivity contribution in [1.82, 2.24) is 0 Å². The van der Waals surface area contributed by atoms with E-state index in [0.717, 1.165) is 38.0 Å². The smallest absolute Gasteiger partial charge is 0.372 e. The van der Waals surface area contributed by atoms with Gasteiger partial charge in [-0.3, -0.25) is 0 Å². The first-order chi connectivity index (χ1) is 11.5. The first-order valence-corrected chi connectivity index (χ1v) is 7.98. The van der Waals surface area contributed by atoms with Gasteiger partial charge in [0, 0.05) is 25.7 Å². The Bertz CT molecular complexity index is 509. The third-order valence-electron chi connectivity index (χ3n) is 3.90. The van der Waals surface area contributed by atoms with Gasteiger partial charge in [0.2, 0.25) is 5.76 Å². The van der Waals surface area contributed by atoms with Gasteiger partial charge in [0.05, 0.1) is 6.26 Å². The molecule has 0 amide bonds. The topological polar surface area (TPSA) is 169 Å². The van der Waals surface area contributed by atoms with Gasteiger partial charge >= 0.3 is 11.9 Å². The van der Waals surface area contributed by atoms with E-state index in [1.165, 1.54) is 0 Å². The van der Waals surface area contributed by atoms with Crippen molar-refractivity contribution in [2.24, 2.45) is 0 Å². The van der Waals surface area contributed by atoms with Crippen LogP contribution in [0.3, 0.4) is 0 Å². The van der Waals surface area contributed by atoms with Crippen molar-refractivity contribution in [3.63, 3.8) is 0 Å². The normalized spacial score (nSPS) is 20.0. The summed E-state index contributed by atoms with van der Waals surface area (Å²) in [6.45, 7) is 0. The van der Waals surface area contributed by atoms with Crippen LogP contribution in [0, 0.1) is 0 Å². The van der Waals surface area contributed by atoms with Crippen LogP contribution in [0.2, 0.25) is 0 Å². The summed E-state index contributed by atoms with van der Waals surface area (Å²) in [6, 6.07) is 1.09. The van der Waals surface area contributed by atoms with Crippen LogP contribution in [0.1, 0.15) is 72.3 Å². The maximum Gasteiger partial charge on any atom is 0.372 e. The van der Waals surface area contributed by atoms with Crippen LogP contribution >= 0.6 is 0 Å². The quantitative estimate of drug-likeness (QED) is 0.424. The number of aliphatic hydroxyl groups is 4. The lowest BCUT2D eigenvalue weighted by Gasteiger charge is -2.11. The summed E-state index contributed by atoms with van der Waals surface area (Å²) < 4.78 is 4.41. The lowest BCUT2D eigenvalue weighted by molar-refractivity contribution is -0.153. The van der Waals surface area contributed by atoms with Crippen molar-refractivity contribution in [2.45, 2.75) is 62.9 Å². The Balaban J connectivity index is 0.000000195. The first kappa shape index (κ1) is 21.1. The predicted molar refractivity (Wildman–Crippen MR) is 83.9 cm³/mol. The molecule has 0 atom stereocenters. The number of hydrogen-bond acceptors (Lipinski definition) is 7. The van der Waals surface area contributed by atoms with Crippen LogP contribution < -0.4 is 0 Å². The van der Waals surface area contributed by atoms with Crippen molar-refractivity contribution in [2.75, 3.05) is 0 Å². The van der Waals surface area contributed by atoms with Gasteiger partial charge in [-0.1, -0.05) is 0 Å². The van der Waals surface area contributed by atoms with E-state index in [0.29, 0.717) is 25.7 Å². The summed E-state index contributed by atoms with van der Waals surface area (Å²) in [5.74, 6) is -5.85. The predicted octanol–water partition coefficient (Wildman–Crippen LogP) is 1.16. The lowest BCUT2D eigenvalue weighted by Crippen LogP contribution is -2.21. The zero-order chi connectivity index (χ0) is 19.1. The number of rotatable bonds is 2. The highest BCUT2D eigenvalue weighted by Gasteiger charge is 2.27. The fourth-order valence-electron chi connectivity index (χ4n) is 2.53. The number of aromatic carboxylic acids is 2. The number of carboxylic acids is 2. The molecule has 0 radical (unpaired) electrons. The van der Waals surface area contributed by atoms with Gasteiger partial charge in [-0.15, -0.1) is 0 Å². The Labute approximate surface area is 144 Å². The van der Waals surface area contributed by atoms with Gasteiger partial charge in [-0.2, -0.15) is 0 Å². The number of carbonyl (C=O) groups is 2. The van der Waals surface area contributed by atoms with E-state index < -0.39 is 29.3 Å². The van der Waals surface area contributed by atoms with Crippen molar-refractivity contribution >= 4 is 11.9 Å². The van der Waals surface area contributed by atoms with Crippen molar-refractivity contribution in [3.8, 4) is 0 Å². The largest absolute Gasteiger partial charge is 0.478 e. The fourth-order valence-corrected chi connectivity index (χ4v) is 2.53. The monoisotopic (exact) mass is 360 g/mol. The molecule has 0 bridgehead atoms. The molecular weight excluding hydrogens is 336 g/mol. The van der Waals surface area contributed by atoms with Gasteiger partial charge in [-0.05, 0) is 31.7 Å². The van der Waals surface area contributed by atoms with E-state index in [2.05, 4.69) is 4.42 Å². The zero-order valence-electron chi connectivity index (χ0n) is 13.7. The molecule has 2 fully saturated rings. The van der Waals surface area contributed by atoms with Gasteiger partial charge in [0.25, 0.3) is 0 Å². The molecule has 0 aromatic carbocycles. The summed E-state index contributed by atoms with van der Waals surface area (Å²) in [6.07, 6.45) is 7.13. The Hall–Kier alpha value is -1.94. The third-order valence-corrected chi connectivity index (χ3v) is 3.90. The molecule has 9 nitrogen and oxygen atoms in total. The van der Waals surface area contributed by atoms with Gasteiger partial charge in [0.1, 0.15) is 5.56 Å². The van der Waals surface area contributed by atoms with E-state index in [1.54, 1.807) is 0 Å². The van der Waals surface area contributed by atoms with Gasteiger partial charge in [-0.25, -0.2) is 9.59 Å². The summed E-state index contributed by atoms with van der Waals surface area (Å²) in [7, 11) is 0. The summed E-state index contributed by atoms with van der Waals surface area (Å²) in [5, 5.41) is 51.7. The molecule has 25 heavy (non-hydrogen) atoms. The third kappa shape index (κ3) is 7.65. The zero-order valence-corrected chi connectivity index (χ0v) is 13.7. The van der Waals surface area contributed by atoms with Gasteiger partial charge < -0.3 is 35.1 Å². The van der Waals surface area contributed by atoms with Crippen molar-refractivity contribution in [1.29, 1.82) is 0 Å². The van der Waals surface area contributed by atoms with E-state index in [9.17, 15) is 9.59 Å². The standard InChI is InChI=1S/C6H4O5.2C5H10O2/c7-5(8)3-1-2-11-4(3)6(9)10;2*6-5(7)3-1-2-4-5/h1-2H,(H,7,8)(H,9,10);2*6-7H,1-4H2. The van der Waals surface area contributed by atoms with Crippen LogP contribution in [0.15, 0.2) is 16.7 Å². The van der Waals surface area contributed by atoms with Crippen LogP contribution in [-0.2, 0) is 0 Å². The fraction of sp³-hybridized carbons (Fsp3) is 0.625. The number of carboxylic acid groups (broad SMARTS) is 2. The maximum atomic E-state index is 10.3. The second-order valence-electron chi connectivity index (χ2n) is 6.15. The molecule has 0 aliphatic heterocycles. The minimum Gasteiger partial charge on any atom is -0.478 e. The maximum absolute atomic E-state index is 10.3. The second kappa shape index (κ2) is 8.95. The molecule has 6 N–H and O–H groups in total. The number of hydrogen-bond donors (Lipinski definition) is 6. The van der Waals surface area contributed by atoms with Crippen LogP contribution in [0.4, 0.5) is 0 Å². The van der Waals surface area contributed by atoms with Gasteiger partial charge in [0.15, 0.2) is 11.6 Å².